The Morgan fingerprint density at radius 2 is 1.83 bits per heavy atom. The molecule has 0 aliphatic rings. The summed E-state index contributed by atoms with van der Waals surface area (Å²) in [7, 11) is 0. The molecule has 0 saturated carbocycles. The average Bonchev–Trinajstić information content (AvgIpc) is 2.49. The molecule has 0 aliphatic heterocycles. The zero-order valence-electron chi connectivity index (χ0n) is 13.6. The number of hydrogen-bond acceptors (Lipinski definition) is 3. The smallest absolute Gasteiger partial charge is 0.255 e. The van der Waals surface area contributed by atoms with Crippen LogP contribution < -0.4 is 15.8 Å². The van der Waals surface area contributed by atoms with Crippen LogP contribution in [0.1, 0.15) is 35.3 Å². The first-order chi connectivity index (χ1) is 10.5. The number of ether oxygens (including phenoxy) is 1. The normalized spacial score (nSPS) is 10.1. The zero-order chi connectivity index (χ0) is 16.1. The number of carbonyl (C=O) groups excluding carboxylic acids is 1. The molecule has 0 fully saturated rings. The van der Waals surface area contributed by atoms with Crippen molar-refractivity contribution >= 4 is 24.0 Å². The van der Waals surface area contributed by atoms with Gasteiger partial charge < -0.3 is 15.8 Å². The molecular weight excluding hydrogens is 312 g/mol. The molecule has 124 valence electrons. The standard InChI is InChI=1S/C18H22N2O2.ClH/c1-12(2)22-17-9-8-16(10-13(17)3)20-18(21)15-6-4-14(11-19)5-7-15;/h4-10,12H,11,19H2,1-3H3,(H,20,21);1H. The Balaban J connectivity index is 0.00000264. The molecule has 0 spiro atoms. The Hall–Kier alpha value is -2.04. The lowest BCUT2D eigenvalue weighted by atomic mass is 10.1. The molecule has 0 atom stereocenters. The van der Waals surface area contributed by atoms with Crippen LogP contribution in [0.2, 0.25) is 0 Å². The summed E-state index contributed by atoms with van der Waals surface area (Å²) in [6, 6.07) is 12.9. The van der Waals surface area contributed by atoms with Crippen molar-refractivity contribution in [3.63, 3.8) is 0 Å². The number of carbonyl (C=O) groups is 1. The second-order valence-corrected chi connectivity index (χ2v) is 5.50. The van der Waals surface area contributed by atoms with Crippen molar-refractivity contribution in [1.29, 1.82) is 0 Å². The SMILES string of the molecule is Cc1cc(NC(=O)c2ccc(CN)cc2)ccc1OC(C)C.Cl. The summed E-state index contributed by atoms with van der Waals surface area (Å²) >= 11 is 0. The van der Waals surface area contributed by atoms with Gasteiger partial charge in [-0.3, -0.25) is 4.79 Å². The summed E-state index contributed by atoms with van der Waals surface area (Å²) in [5.74, 6) is 0.695. The van der Waals surface area contributed by atoms with Gasteiger partial charge in [0.1, 0.15) is 5.75 Å². The fourth-order valence-electron chi connectivity index (χ4n) is 2.11. The number of nitrogens with two attached hydrogens (primary N) is 1. The first-order valence-corrected chi connectivity index (χ1v) is 7.37. The molecule has 2 aromatic carbocycles. The van der Waals surface area contributed by atoms with E-state index in [0.717, 1.165) is 22.6 Å². The molecule has 3 N–H and O–H groups in total. The van der Waals surface area contributed by atoms with Gasteiger partial charge in [-0.2, -0.15) is 0 Å². The molecule has 0 heterocycles. The Morgan fingerprint density at radius 1 is 1.17 bits per heavy atom. The number of halogens is 1. The molecule has 1 amide bonds. The van der Waals surface area contributed by atoms with Crippen LogP contribution in [0.4, 0.5) is 5.69 Å². The van der Waals surface area contributed by atoms with Crippen LogP contribution in [0.25, 0.3) is 0 Å². The number of amides is 1. The van der Waals surface area contributed by atoms with E-state index in [-0.39, 0.29) is 24.4 Å². The summed E-state index contributed by atoms with van der Waals surface area (Å²) in [5, 5.41) is 2.89. The molecule has 0 radical (unpaired) electrons. The lowest BCUT2D eigenvalue weighted by Crippen LogP contribution is -2.12. The van der Waals surface area contributed by atoms with E-state index in [9.17, 15) is 4.79 Å². The third-order valence-electron chi connectivity index (χ3n) is 3.25. The lowest BCUT2D eigenvalue weighted by molar-refractivity contribution is 0.102. The Labute approximate surface area is 143 Å². The summed E-state index contributed by atoms with van der Waals surface area (Å²) in [4.78, 5) is 12.2. The molecule has 0 bridgehead atoms. The first-order valence-electron chi connectivity index (χ1n) is 7.37. The van der Waals surface area contributed by atoms with E-state index < -0.39 is 0 Å². The average molecular weight is 335 g/mol. The number of rotatable bonds is 5. The van der Waals surface area contributed by atoms with Crippen LogP contribution in [-0.4, -0.2) is 12.0 Å². The molecule has 2 aromatic rings. The van der Waals surface area contributed by atoms with E-state index in [1.165, 1.54) is 0 Å². The van der Waals surface area contributed by atoms with Crippen LogP contribution in [0.5, 0.6) is 5.75 Å². The van der Waals surface area contributed by atoms with Crippen LogP contribution in [0, 0.1) is 6.92 Å². The van der Waals surface area contributed by atoms with Crippen molar-refractivity contribution in [3.8, 4) is 5.75 Å². The van der Waals surface area contributed by atoms with Gasteiger partial charge in [0.15, 0.2) is 0 Å². The van der Waals surface area contributed by atoms with Crippen LogP contribution >= 0.6 is 12.4 Å². The minimum atomic E-state index is -0.138. The van der Waals surface area contributed by atoms with Gasteiger partial charge in [-0.15, -0.1) is 12.4 Å². The summed E-state index contributed by atoms with van der Waals surface area (Å²) in [6.07, 6.45) is 0.125. The lowest BCUT2D eigenvalue weighted by Gasteiger charge is -2.14. The largest absolute Gasteiger partial charge is 0.491 e. The van der Waals surface area contributed by atoms with Gasteiger partial charge >= 0.3 is 0 Å². The van der Waals surface area contributed by atoms with Crippen LogP contribution in [-0.2, 0) is 6.54 Å². The summed E-state index contributed by atoms with van der Waals surface area (Å²) in [6.45, 7) is 6.40. The number of hydrogen-bond donors (Lipinski definition) is 2. The molecule has 0 aliphatic carbocycles. The monoisotopic (exact) mass is 334 g/mol. The maximum atomic E-state index is 12.2. The minimum absolute atomic E-state index is 0. The van der Waals surface area contributed by atoms with Crippen molar-refractivity contribution in [1.82, 2.24) is 0 Å². The Bertz CT molecular complexity index is 655. The quantitative estimate of drug-likeness (QED) is 0.871. The van der Waals surface area contributed by atoms with Crippen LogP contribution in [0.3, 0.4) is 0 Å². The highest BCUT2D eigenvalue weighted by Crippen LogP contribution is 2.23. The van der Waals surface area contributed by atoms with Gasteiger partial charge in [0.05, 0.1) is 6.10 Å². The van der Waals surface area contributed by atoms with E-state index in [0.29, 0.717) is 12.1 Å². The second-order valence-electron chi connectivity index (χ2n) is 5.50. The fourth-order valence-corrected chi connectivity index (χ4v) is 2.11. The first kappa shape index (κ1) is 19.0. The van der Waals surface area contributed by atoms with Gasteiger partial charge in [-0.05, 0) is 62.2 Å². The van der Waals surface area contributed by atoms with Crippen molar-refractivity contribution in [2.24, 2.45) is 5.73 Å². The molecule has 4 nitrogen and oxygen atoms in total. The molecule has 5 heteroatoms. The van der Waals surface area contributed by atoms with E-state index in [4.69, 9.17) is 10.5 Å². The predicted octanol–water partition coefficient (Wildman–Crippen LogP) is 3.92. The van der Waals surface area contributed by atoms with Crippen molar-refractivity contribution < 1.29 is 9.53 Å². The third kappa shape index (κ3) is 5.27. The zero-order valence-corrected chi connectivity index (χ0v) is 14.4. The highest BCUT2D eigenvalue weighted by molar-refractivity contribution is 6.04. The third-order valence-corrected chi connectivity index (χ3v) is 3.25. The molecule has 0 saturated heterocycles. The second kappa shape index (κ2) is 8.56. The van der Waals surface area contributed by atoms with Gasteiger partial charge in [0, 0.05) is 17.8 Å². The van der Waals surface area contributed by atoms with Gasteiger partial charge in [0.2, 0.25) is 0 Å². The minimum Gasteiger partial charge on any atom is -0.491 e. The van der Waals surface area contributed by atoms with E-state index >= 15 is 0 Å². The number of anilines is 1. The van der Waals surface area contributed by atoms with Gasteiger partial charge in [0.25, 0.3) is 5.91 Å². The molecular formula is C18H23ClN2O2. The maximum absolute atomic E-state index is 12.2. The van der Waals surface area contributed by atoms with Crippen LogP contribution in [0.15, 0.2) is 42.5 Å². The molecule has 23 heavy (non-hydrogen) atoms. The van der Waals surface area contributed by atoms with E-state index in [2.05, 4.69) is 5.32 Å². The number of aryl methyl sites for hydroxylation is 1. The number of nitrogens with one attached hydrogen (secondary N) is 1. The highest BCUT2D eigenvalue weighted by atomic mass is 35.5. The highest BCUT2D eigenvalue weighted by Gasteiger charge is 2.08. The van der Waals surface area contributed by atoms with Crippen molar-refractivity contribution in [2.75, 3.05) is 5.32 Å². The fraction of sp³-hybridized carbons (Fsp3) is 0.278. The van der Waals surface area contributed by atoms with E-state index in [1.807, 2.05) is 51.1 Å². The van der Waals surface area contributed by atoms with Crippen molar-refractivity contribution in [3.05, 3.63) is 59.2 Å². The Morgan fingerprint density at radius 3 is 2.35 bits per heavy atom. The molecule has 2 rings (SSSR count). The summed E-state index contributed by atoms with van der Waals surface area (Å²) < 4.78 is 5.69. The summed E-state index contributed by atoms with van der Waals surface area (Å²) in [5.41, 5.74) is 8.91. The van der Waals surface area contributed by atoms with Gasteiger partial charge in [-0.25, -0.2) is 0 Å². The maximum Gasteiger partial charge on any atom is 0.255 e. The Kier molecular flexibility index (Phi) is 7.07. The van der Waals surface area contributed by atoms with E-state index in [1.54, 1.807) is 12.1 Å². The molecule has 0 unspecified atom stereocenters. The van der Waals surface area contributed by atoms with Crippen molar-refractivity contribution in [2.45, 2.75) is 33.4 Å². The number of benzene rings is 2. The predicted molar refractivity (Wildman–Crippen MR) is 96.5 cm³/mol. The topological polar surface area (TPSA) is 64.4 Å². The molecule has 0 aromatic heterocycles. The van der Waals surface area contributed by atoms with Gasteiger partial charge in [-0.1, -0.05) is 12.1 Å².